The fourth-order valence-corrected chi connectivity index (χ4v) is 2.01. The lowest BCUT2D eigenvalue weighted by Crippen LogP contribution is -2.17. The van der Waals surface area contributed by atoms with Gasteiger partial charge < -0.3 is 15.7 Å². The molecule has 2 aromatic heterocycles. The molecule has 2 rings (SSSR count). The molecule has 0 fully saturated rings. The number of aromatic nitrogens is 3. The fourth-order valence-electron chi connectivity index (χ4n) is 2.01. The van der Waals surface area contributed by atoms with Gasteiger partial charge in [0.2, 0.25) is 5.88 Å². The normalized spacial score (nSPS) is 12.0. The summed E-state index contributed by atoms with van der Waals surface area (Å²) in [6, 6.07) is 2.08. The second-order valence-electron chi connectivity index (χ2n) is 5.10. The predicted molar refractivity (Wildman–Crippen MR) is 78.9 cm³/mol. The molecule has 0 saturated heterocycles. The molecule has 0 aliphatic rings. The maximum atomic E-state index is 8.91. The molecule has 0 saturated carbocycles. The van der Waals surface area contributed by atoms with Crippen molar-refractivity contribution in [1.29, 1.82) is 0 Å². The van der Waals surface area contributed by atoms with Gasteiger partial charge in [-0.3, -0.25) is 4.68 Å². The van der Waals surface area contributed by atoms with E-state index in [1.165, 1.54) is 0 Å². The standard InChI is InChI=1S/C14H19N5O2/c1-8(2)19-7-11(6-16-19)21-14-12(13(15)18-20)9(3)5-10(4)17-14/h5-8,20H,1-4H3,(H2,15,18). The molecule has 7 heteroatoms. The maximum absolute atomic E-state index is 8.91. The van der Waals surface area contributed by atoms with Gasteiger partial charge in [-0.1, -0.05) is 5.16 Å². The molecule has 0 unspecified atom stereocenters. The Morgan fingerprint density at radius 2 is 2.14 bits per heavy atom. The van der Waals surface area contributed by atoms with Gasteiger partial charge in [-0.2, -0.15) is 5.10 Å². The SMILES string of the molecule is Cc1cc(C)c(/C(N)=N/O)c(Oc2cnn(C(C)C)c2)n1. The molecule has 3 N–H and O–H groups in total. The molecule has 7 nitrogen and oxygen atoms in total. The summed E-state index contributed by atoms with van der Waals surface area (Å²) >= 11 is 0. The zero-order valence-electron chi connectivity index (χ0n) is 12.5. The number of nitrogens with two attached hydrogens (primary N) is 1. The zero-order valence-corrected chi connectivity index (χ0v) is 12.5. The van der Waals surface area contributed by atoms with Gasteiger partial charge in [-0.15, -0.1) is 0 Å². The number of pyridine rings is 1. The van der Waals surface area contributed by atoms with Gasteiger partial charge in [0.25, 0.3) is 0 Å². The summed E-state index contributed by atoms with van der Waals surface area (Å²) in [7, 11) is 0. The first-order chi connectivity index (χ1) is 9.92. The van der Waals surface area contributed by atoms with Crippen molar-refractivity contribution >= 4 is 5.84 Å². The molecular formula is C14H19N5O2. The molecule has 0 aliphatic heterocycles. The van der Waals surface area contributed by atoms with E-state index in [1.54, 1.807) is 17.1 Å². The number of amidine groups is 1. The fraction of sp³-hybridized carbons (Fsp3) is 0.357. The quantitative estimate of drug-likeness (QED) is 0.389. The first-order valence-corrected chi connectivity index (χ1v) is 6.60. The number of rotatable bonds is 4. The monoisotopic (exact) mass is 289 g/mol. The molecule has 2 heterocycles. The molecule has 0 aliphatic carbocycles. The van der Waals surface area contributed by atoms with Crippen LogP contribution in [0.4, 0.5) is 0 Å². The van der Waals surface area contributed by atoms with Crippen molar-refractivity contribution in [3.8, 4) is 11.6 Å². The van der Waals surface area contributed by atoms with Crippen molar-refractivity contribution in [2.45, 2.75) is 33.7 Å². The second-order valence-corrected chi connectivity index (χ2v) is 5.10. The molecule has 0 atom stereocenters. The lowest BCUT2D eigenvalue weighted by atomic mass is 10.1. The minimum absolute atomic E-state index is 0.0359. The number of hydrogen-bond acceptors (Lipinski definition) is 5. The summed E-state index contributed by atoms with van der Waals surface area (Å²) in [5.41, 5.74) is 7.79. The summed E-state index contributed by atoms with van der Waals surface area (Å²) in [6.07, 6.45) is 3.38. The number of aryl methyl sites for hydroxylation is 2. The third kappa shape index (κ3) is 3.13. The van der Waals surface area contributed by atoms with E-state index in [0.717, 1.165) is 11.3 Å². The minimum atomic E-state index is -0.0359. The van der Waals surface area contributed by atoms with Crippen LogP contribution in [-0.4, -0.2) is 25.8 Å². The highest BCUT2D eigenvalue weighted by molar-refractivity contribution is 6.00. The number of nitrogens with zero attached hydrogens (tertiary/aromatic N) is 4. The molecule has 112 valence electrons. The van der Waals surface area contributed by atoms with Crippen LogP contribution in [0.15, 0.2) is 23.6 Å². The molecule has 0 radical (unpaired) electrons. The Morgan fingerprint density at radius 3 is 2.71 bits per heavy atom. The molecule has 21 heavy (non-hydrogen) atoms. The first-order valence-electron chi connectivity index (χ1n) is 6.60. The summed E-state index contributed by atoms with van der Waals surface area (Å²) in [5, 5.41) is 16.2. The molecule has 0 aromatic carbocycles. The van der Waals surface area contributed by atoms with Crippen LogP contribution < -0.4 is 10.5 Å². The van der Waals surface area contributed by atoms with E-state index >= 15 is 0 Å². The van der Waals surface area contributed by atoms with Crippen molar-refractivity contribution in [3.63, 3.8) is 0 Å². The van der Waals surface area contributed by atoms with E-state index in [-0.39, 0.29) is 11.9 Å². The van der Waals surface area contributed by atoms with Crippen LogP contribution in [0.25, 0.3) is 0 Å². The summed E-state index contributed by atoms with van der Waals surface area (Å²) in [5.74, 6) is 0.811. The highest BCUT2D eigenvalue weighted by atomic mass is 16.5. The lowest BCUT2D eigenvalue weighted by molar-refractivity contribution is 0.318. The van der Waals surface area contributed by atoms with Crippen molar-refractivity contribution in [3.05, 3.63) is 35.3 Å². The van der Waals surface area contributed by atoms with Gasteiger partial charge in [0.1, 0.15) is 0 Å². The highest BCUT2D eigenvalue weighted by Gasteiger charge is 2.16. The van der Waals surface area contributed by atoms with E-state index in [2.05, 4.69) is 15.2 Å². The van der Waals surface area contributed by atoms with Crippen LogP contribution >= 0.6 is 0 Å². The zero-order chi connectivity index (χ0) is 15.6. The van der Waals surface area contributed by atoms with Gasteiger partial charge in [-0.05, 0) is 39.3 Å². The average molecular weight is 289 g/mol. The number of oxime groups is 1. The van der Waals surface area contributed by atoms with E-state index in [4.69, 9.17) is 15.7 Å². The van der Waals surface area contributed by atoms with E-state index in [9.17, 15) is 0 Å². The Bertz CT molecular complexity index is 676. The van der Waals surface area contributed by atoms with Gasteiger partial charge in [0, 0.05) is 11.7 Å². The molecule has 2 aromatic rings. The number of hydrogen-bond donors (Lipinski definition) is 2. The lowest BCUT2D eigenvalue weighted by Gasteiger charge is -2.11. The van der Waals surface area contributed by atoms with Crippen molar-refractivity contribution in [2.24, 2.45) is 10.9 Å². The minimum Gasteiger partial charge on any atom is -0.435 e. The second kappa shape index (κ2) is 5.82. The Morgan fingerprint density at radius 1 is 1.43 bits per heavy atom. The molecule has 0 spiro atoms. The maximum Gasteiger partial charge on any atom is 0.231 e. The van der Waals surface area contributed by atoms with Crippen molar-refractivity contribution in [1.82, 2.24) is 14.8 Å². The third-order valence-electron chi connectivity index (χ3n) is 3.00. The topological polar surface area (TPSA) is 98.5 Å². The Kier molecular flexibility index (Phi) is 4.11. The van der Waals surface area contributed by atoms with Crippen LogP contribution in [0.3, 0.4) is 0 Å². The average Bonchev–Trinajstić information content (AvgIpc) is 2.86. The summed E-state index contributed by atoms with van der Waals surface area (Å²) in [6.45, 7) is 7.75. The van der Waals surface area contributed by atoms with Gasteiger partial charge in [0.15, 0.2) is 11.6 Å². The van der Waals surface area contributed by atoms with Crippen molar-refractivity contribution in [2.75, 3.05) is 0 Å². The van der Waals surface area contributed by atoms with E-state index in [1.807, 2.05) is 33.8 Å². The van der Waals surface area contributed by atoms with E-state index in [0.29, 0.717) is 17.2 Å². The highest BCUT2D eigenvalue weighted by Crippen LogP contribution is 2.26. The smallest absolute Gasteiger partial charge is 0.231 e. The van der Waals surface area contributed by atoms with Gasteiger partial charge >= 0.3 is 0 Å². The molecule has 0 bridgehead atoms. The largest absolute Gasteiger partial charge is 0.435 e. The Hall–Kier alpha value is -2.57. The van der Waals surface area contributed by atoms with E-state index < -0.39 is 0 Å². The van der Waals surface area contributed by atoms with Crippen molar-refractivity contribution < 1.29 is 9.94 Å². The molecular weight excluding hydrogens is 270 g/mol. The summed E-state index contributed by atoms with van der Waals surface area (Å²) < 4.78 is 7.54. The van der Waals surface area contributed by atoms with Crippen LogP contribution in [0.1, 0.15) is 36.7 Å². The Labute approximate surface area is 123 Å². The predicted octanol–water partition coefficient (Wildman–Crippen LogP) is 2.36. The van der Waals surface area contributed by atoms with Gasteiger partial charge in [-0.25, -0.2) is 4.98 Å². The van der Waals surface area contributed by atoms with Crippen LogP contribution in [-0.2, 0) is 0 Å². The number of ether oxygens (including phenoxy) is 1. The summed E-state index contributed by atoms with van der Waals surface area (Å²) in [4.78, 5) is 4.32. The van der Waals surface area contributed by atoms with Crippen LogP contribution in [0.5, 0.6) is 11.6 Å². The first kappa shape index (κ1) is 14.8. The molecule has 0 amide bonds. The van der Waals surface area contributed by atoms with Crippen LogP contribution in [0, 0.1) is 13.8 Å². The van der Waals surface area contributed by atoms with Gasteiger partial charge in [0.05, 0.1) is 18.0 Å². The third-order valence-corrected chi connectivity index (χ3v) is 3.00. The van der Waals surface area contributed by atoms with Crippen LogP contribution in [0.2, 0.25) is 0 Å². The Balaban J connectivity index is 2.42.